The fourth-order valence-electron chi connectivity index (χ4n) is 1.75. The average Bonchev–Trinajstić information content (AvgIpc) is 2.43. The van der Waals surface area contributed by atoms with Gasteiger partial charge in [-0.25, -0.2) is 4.98 Å². The zero-order valence-corrected chi connectivity index (χ0v) is 13.5. The molecule has 0 fully saturated rings. The molecule has 1 heterocycles. The summed E-state index contributed by atoms with van der Waals surface area (Å²) < 4.78 is 11.2. The molecule has 0 atom stereocenters. The number of hydrogen-bond donors (Lipinski definition) is 1. The van der Waals surface area contributed by atoms with E-state index in [-0.39, 0.29) is 0 Å². The highest BCUT2D eigenvalue weighted by molar-refractivity contribution is 9.10. The maximum atomic E-state index is 6.19. The van der Waals surface area contributed by atoms with E-state index in [0.717, 1.165) is 21.2 Å². The number of halogens is 2. The molecule has 1 aromatic carbocycles. The Morgan fingerprint density at radius 1 is 1.25 bits per heavy atom. The molecule has 2 aromatic rings. The minimum absolute atomic E-state index is 0.600. The lowest BCUT2D eigenvalue weighted by atomic mass is 10.2. The summed E-state index contributed by atoms with van der Waals surface area (Å²) >= 11 is 9.61. The monoisotopic (exact) mass is 358 g/mol. The van der Waals surface area contributed by atoms with Crippen molar-refractivity contribution in [3.63, 3.8) is 0 Å². The van der Waals surface area contributed by atoms with Crippen LogP contribution in [0.2, 0.25) is 5.02 Å². The number of rotatable bonds is 7. The summed E-state index contributed by atoms with van der Waals surface area (Å²) in [6.07, 6.45) is 0. The number of fused-ring (bicyclic) bond motifs is 1. The second-order valence-corrected chi connectivity index (χ2v) is 5.51. The minimum Gasteiger partial charge on any atom is -0.382 e. The van der Waals surface area contributed by atoms with E-state index in [1.807, 2.05) is 24.3 Å². The number of hydrogen-bond acceptors (Lipinski definition) is 4. The van der Waals surface area contributed by atoms with Crippen molar-refractivity contribution in [2.75, 3.05) is 38.8 Å². The highest BCUT2D eigenvalue weighted by Gasteiger charge is 2.04. The van der Waals surface area contributed by atoms with E-state index in [0.29, 0.717) is 31.4 Å². The summed E-state index contributed by atoms with van der Waals surface area (Å²) in [5.41, 5.74) is 0.792. The summed E-state index contributed by atoms with van der Waals surface area (Å²) in [4.78, 5) is 4.51. The van der Waals surface area contributed by atoms with Crippen LogP contribution in [0.3, 0.4) is 0 Å². The highest BCUT2D eigenvalue weighted by atomic mass is 79.9. The van der Waals surface area contributed by atoms with Gasteiger partial charge < -0.3 is 14.8 Å². The van der Waals surface area contributed by atoms with Gasteiger partial charge in [-0.05, 0) is 24.3 Å². The molecule has 0 aliphatic heterocycles. The smallest absolute Gasteiger partial charge is 0.126 e. The van der Waals surface area contributed by atoms with Gasteiger partial charge in [0.15, 0.2) is 0 Å². The van der Waals surface area contributed by atoms with Crippen molar-refractivity contribution in [1.82, 2.24) is 4.98 Å². The van der Waals surface area contributed by atoms with E-state index < -0.39 is 0 Å². The fraction of sp³-hybridized carbons (Fsp3) is 0.357. The van der Waals surface area contributed by atoms with Gasteiger partial charge in [0.25, 0.3) is 0 Å². The third-order valence-electron chi connectivity index (χ3n) is 2.69. The Balaban J connectivity index is 1.94. The first-order chi connectivity index (χ1) is 9.70. The van der Waals surface area contributed by atoms with Crippen LogP contribution in [0.25, 0.3) is 10.9 Å². The van der Waals surface area contributed by atoms with Crippen molar-refractivity contribution in [3.05, 3.63) is 33.8 Å². The van der Waals surface area contributed by atoms with Gasteiger partial charge in [0.1, 0.15) is 5.82 Å². The number of nitrogens with zero attached hydrogens (tertiary/aromatic N) is 1. The minimum atomic E-state index is 0.600. The number of benzene rings is 1. The van der Waals surface area contributed by atoms with Crippen LogP contribution in [0.1, 0.15) is 0 Å². The molecule has 1 aromatic heterocycles. The Hall–Kier alpha value is -0.880. The van der Waals surface area contributed by atoms with E-state index in [2.05, 4.69) is 26.2 Å². The molecule has 0 spiro atoms. The van der Waals surface area contributed by atoms with Crippen molar-refractivity contribution in [3.8, 4) is 0 Å². The summed E-state index contributed by atoms with van der Waals surface area (Å²) in [6, 6.07) is 7.76. The van der Waals surface area contributed by atoms with E-state index in [1.165, 1.54) is 0 Å². The van der Waals surface area contributed by atoms with Crippen molar-refractivity contribution in [2.45, 2.75) is 0 Å². The van der Waals surface area contributed by atoms with Crippen molar-refractivity contribution >= 4 is 44.3 Å². The van der Waals surface area contributed by atoms with Gasteiger partial charge in [-0.1, -0.05) is 27.5 Å². The van der Waals surface area contributed by atoms with Crippen LogP contribution in [0.4, 0.5) is 5.82 Å². The highest BCUT2D eigenvalue weighted by Crippen LogP contribution is 2.27. The zero-order chi connectivity index (χ0) is 14.4. The van der Waals surface area contributed by atoms with Crippen LogP contribution in [0.15, 0.2) is 28.7 Å². The van der Waals surface area contributed by atoms with E-state index in [1.54, 1.807) is 7.11 Å². The lowest BCUT2D eigenvalue weighted by Crippen LogP contribution is -2.12. The van der Waals surface area contributed by atoms with Crippen molar-refractivity contribution < 1.29 is 9.47 Å². The lowest BCUT2D eigenvalue weighted by molar-refractivity contribution is 0.0759. The average molecular weight is 360 g/mol. The number of anilines is 1. The molecule has 1 N–H and O–H groups in total. The fourth-order valence-corrected chi connectivity index (χ4v) is 2.63. The lowest BCUT2D eigenvalue weighted by Gasteiger charge is -2.08. The standard InChI is InChI=1S/C14H16BrClN2O2/c1-19-6-7-20-5-4-17-13-3-2-10-8-11(15)9-12(16)14(10)18-13/h2-3,8-9H,4-7H2,1H3,(H,17,18). The van der Waals surface area contributed by atoms with Gasteiger partial charge in [0.05, 0.1) is 30.4 Å². The number of ether oxygens (including phenoxy) is 2. The normalized spacial score (nSPS) is 10.9. The van der Waals surface area contributed by atoms with Crippen LogP contribution in [0, 0.1) is 0 Å². The van der Waals surface area contributed by atoms with Gasteiger partial charge in [-0.2, -0.15) is 0 Å². The Bertz CT molecular complexity index is 580. The molecule has 0 saturated carbocycles. The first kappa shape index (κ1) is 15.5. The second-order valence-electron chi connectivity index (χ2n) is 4.19. The molecule has 0 bridgehead atoms. The van der Waals surface area contributed by atoms with Crippen LogP contribution in [-0.2, 0) is 9.47 Å². The molecule has 4 nitrogen and oxygen atoms in total. The first-order valence-electron chi connectivity index (χ1n) is 6.27. The van der Waals surface area contributed by atoms with Gasteiger partial charge in [-0.3, -0.25) is 0 Å². The molecule has 0 aliphatic rings. The van der Waals surface area contributed by atoms with Crippen LogP contribution >= 0.6 is 27.5 Å². The number of pyridine rings is 1. The number of nitrogens with one attached hydrogen (secondary N) is 1. The Morgan fingerprint density at radius 2 is 2.10 bits per heavy atom. The zero-order valence-electron chi connectivity index (χ0n) is 11.2. The topological polar surface area (TPSA) is 43.4 Å². The predicted octanol–water partition coefficient (Wildman–Crippen LogP) is 3.73. The maximum absolute atomic E-state index is 6.19. The van der Waals surface area contributed by atoms with Gasteiger partial charge >= 0.3 is 0 Å². The van der Waals surface area contributed by atoms with Crippen LogP contribution < -0.4 is 5.32 Å². The largest absolute Gasteiger partial charge is 0.382 e. The van der Waals surface area contributed by atoms with Gasteiger partial charge in [0, 0.05) is 23.5 Å². The van der Waals surface area contributed by atoms with Gasteiger partial charge in [0.2, 0.25) is 0 Å². The SMILES string of the molecule is COCCOCCNc1ccc2cc(Br)cc(Cl)c2n1. The third kappa shape index (κ3) is 4.31. The summed E-state index contributed by atoms with van der Waals surface area (Å²) in [6.45, 7) is 2.51. The molecule has 0 unspecified atom stereocenters. The molecule has 0 amide bonds. The molecule has 0 saturated heterocycles. The van der Waals surface area contributed by atoms with Crippen LogP contribution in [-0.4, -0.2) is 38.5 Å². The Morgan fingerprint density at radius 3 is 2.90 bits per heavy atom. The number of methoxy groups -OCH3 is 1. The summed E-state index contributed by atoms with van der Waals surface area (Å²) in [7, 11) is 1.66. The van der Waals surface area contributed by atoms with E-state index >= 15 is 0 Å². The van der Waals surface area contributed by atoms with Crippen LogP contribution in [0.5, 0.6) is 0 Å². The molecule has 6 heteroatoms. The molecule has 108 valence electrons. The predicted molar refractivity (Wildman–Crippen MR) is 85.6 cm³/mol. The van der Waals surface area contributed by atoms with Crippen molar-refractivity contribution in [2.24, 2.45) is 0 Å². The van der Waals surface area contributed by atoms with E-state index in [9.17, 15) is 0 Å². The van der Waals surface area contributed by atoms with Gasteiger partial charge in [-0.15, -0.1) is 0 Å². The number of aromatic nitrogens is 1. The molecule has 0 radical (unpaired) electrons. The third-order valence-corrected chi connectivity index (χ3v) is 3.44. The molecular weight excluding hydrogens is 344 g/mol. The summed E-state index contributed by atoms with van der Waals surface area (Å²) in [5.74, 6) is 0.789. The Kier molecular flexibility index (Phi) is 6.04. The van der Waals surface area contributed by atoms with E-state index in [4.69, 9.17) is 21.1 Å². The Labute approximate surface area is 131 Å². The summed E-state index contributed by atoms with van der Waals surface area (Å²) in [5, 5.41) is 4.85. The quantitative estimate of drug-likeness (QED) is 0.765. The second kappa shape index (κ2) is 7.78. The maximum Gasteiger partial charge on any atom is 0.126 e. The molecule has 0 aliphatic carbocycles. The van der Waals surface area contributed by atoms with Crippen molar-refractivity contribution in [1.29, 1.82) is 0 Å². The first-order valence-corrected chi connectivity index (χ1v) is 7.44. The molecule has 2 rings (SSSR count). The molecule has 20 heavy (non-hydrogen) atoms. The molecular formula is C14H16BrClN2O2.